The lowest BCUT2D eigenvalue weighted by Gasteiger charge is -2.14. The summed E-state index contributed by atoms with van der Waals surface area (Å²) in [6, 6.07) is 4.22. The molecule has 0 heterocycles. The Morgan fingerprint density at radius 2 is 1.64 bits per heavy atom. The third-order valence-electron chi connectivity index (χ3n) is 2.78. The molecule has 1 aromatic carbocycles. The smallest absolute Gasteiger partial charge is 0.325 e. The van der Waals surface area contributed by atoms with E-state index >= 15 is 0 Å². The van der Waals surface area contributed by atoms with E-state index < -0.39 is 24.5 Å². The van der Waals surface area contributed by atoms with Crippen molar-refractivity contribution in [2.24, 2.45) is 0 Å². The topological polar surface area (TPSA) is 103 Å². The summed E-state index contributed by atoms with van der Waals surface area (Å²) >= 11 is 0. The van der Waals surface area contributed by atoms with E-state index in [2.05, 4.69) is 15.4 Å². The molecule has 0 unspecified atom stereocenters. The van der Waals surface area contributed by atoms with E-state index in [4.69, 9.17) is 9.47 Å². The number of nitrogens with one attached hydrogen (secondary N) is 2. The fourth-order valence-electron chi connectivity index (χ4n) is 1.73. The van der Waals surface area contributed by atoms with Gasteiger partial charge < -0.3 is 19.5 Å². The van der Waals surface area contributed by atoms with Crippen LogP contribution in [0.2, 0.25) is 0 Å². The molecule has 0 aliphatic heterocycles. The fourth-order valence-corrected chi connectivity index (χ4v) is 1.73. The number of benzene rings is 1. The fraction of sp³-hybridized carbons (Fsp3) is 0.471. The van der Waals surface area contributed by atoms with Gasteiger partial charge in [0.2, 0.25) is 0 Å². The third kappa shape index (κ3) is 8.05. The number of rotatable bonds is 9. The van der Waals surface area contributed by atoms with Crippen molar-refractivity contribution in [2.45, 2.75) is 33.6 Å². The summed E-state index contributed by atoms with van der Waals surface area (Å²) in [5, 5.41) is 4.57. The van der Waals surface area contributed by atoms with Crippen LogP contribution in [0.3, 0.4) is 0 Å². The molecule has 138 valence electrons. The monoisotopic (exact) mass is 352 g/mol. The van der Waals surface area contributed by atoms with Gasteiger partial charge in [-0.15, -0.1) is 0 Å². The number of carbonyl (C=O) groups is 3. The van der Waals surface area contributed by atoms with Gasteiger partial charge in [-0.05, 0) is 25.0 Å². The molecular formula is C17H24N2O6. The predicted octanol–water partition coefficient (Wildman–Crippen LogP) is 2.48. The van der Waals surface area contributed by atoms with Gasteiger partial charge in [0.15, 0.2) is 18.1 Å². The largest absolute Gasteiger partial charge is 0.490 e. The second kappa shape index (κ2) is 10.9. The maximum absolute atomic E-state index is 11.8. The Morgan fingerprint density at radius 3 is 2.24 bits per heavy atom. The summed E-state index contributed by atoms with van der Waals surface area (Å²) < 4.78 is 15.7. The maximum Gasteiger partial charge on any atom is 0.325 e. The minimum atomic E-state index is -0.735. The van der Waals surface area contributed by atoms with Crippen molar-refractivity contribution in [2.75, 3.05) is 25.1 Å². The molecule has 3 amide bonds. The third-order valence-corrected chi connectivity index (χ3v) is 2.78. The van der Waals surface area contributed by atoms with Crippen LogP contribution < -0.4 is 20.1 Å². The molecule has 1 aromatic rings. The summed E-state index contributed by atoms with van der Waals surface area (Å²) in [5.41, 5.74) is 0.438. The SMILES string of the molecule is CCCOc1ccc(NC(=O)NC(=O)COC(C)=O)cc1OCCC. The second-order valence-electron chi connectivity index (χ2n) is 5.14. The predicted molar refractivity (Wildman–Crippen MR) is 91.8 cm³/mol. The minimum Gasteiger partial charge on any atom is -0.490 e. The first kappa shape index (κ1) is 20.3. The molecule has 0 spiro atoms. The molecule has 0 aromatic heterocycles. The van der Waals surface area contributed by atoms with Crippen LogP contribution in [0.4, 0.5) is 10.5 Å². The molecule has 0 fully saturated rings. The molecular weight excluding hydrogens is 328 g/mol. The van der Waals surface area contributed by atoms with Crippen molar-refractivity contribution in [1.82, 2.24) is 5.32 Å². The average Bonchev–Trinajstić information content (AvgIpc) is 2.57. The van der Waals surface area contributed by atoms with Crippen LogP contribution in [-0.4, -0.2) is 37.7 Å². The zero-order valence-corrected chi connectivity index (χ0v) is 14.7. The van der Waals surface area contributed by atoms with Crippen molar-refractivity contribution in [3.63, 3.8) is 0 Å². The zero-order valence-electron chi connectivity index (χ0n) is 14.7. The lowest BCUT2D eigenvalue weighted by Crippen LogP contribution is -2.37. The normalized spacial score (nSPS) is 9.88. The highest BCUT2D eigenvalue weighted by atomic mass is 16.5. The number of hydrogen-bond acceptors (Lipinski definition) is 6. The van der Waals surface area contributed by atoms with Gasteiger partial charge in [-0.25, -0.2) is 4.79 Å². The molecule has 25 heavy (non-hydrogen) atoms. The highest BCUT2D eigenvalue weighted by molar-refractivity contribution is 6.01. The Hall–Kier alpha value is -2.77. The summed E-state index contributed by atoms with van der Waals surface area (Å²) in [4.78, 5) is 33.9. The first-order chi connectivity index (χ1) is 12.0. The molecule has 8 nitrogen and oxygen atoms in total. The second-order valence-corrected chi connectivity index (χ2v) is 5.14. The van der Waals surface area contributed by atoms with Crippen molar-refractivity contribution >= 4 is 23.6 Å². The van der Waals surface area contributed by atoms with Crippen LogP contribution in [0, 0.1) is 0 Å². The van der Waals surface area contributed by atoms with Gasteiger partial charge in [-0.1, -0.05) is 13.8 Å². The van der Waals surface area contributed by atoms with Crippen LogP contribution >= 0.6 is 0 Å². The van der Waals surface area contributed by atoms with E-state index in [0.717, 1.165) is 12.8 Å². The number of anilines is 1. The zero-order chi connectivity index (χ0) is 18.7. The lowest BCUT2D eigenvalue weighted by atomic mass is 10.2. The van der Waals surface area contributed by atoms with Crippen molar-refractivity contribution in [3.8, 4) is 11.5 Å². The summed E-state index contributed by atoms with van der Waals surface area (Å²) in [6.45, 7) is 5.71. The summed E-state index contributed by atoms with van der Waals surface area (Å²) in [5.74, 6) is -0.222. The Labute approximate surface area is 146 Å². The first-order valence-electron chi connectivity index (χ1n) is 8.10. The standard InChI is InChI=1S/C17H24N2O6/c1-4-8-23-14-7-6-13(10-15(14)24-9-5-2)18-17(22)19-16(21)11-25-12(3)20/h6-7,10H,4-5,8-9,11H2,1-3H3,(H2,18,19,21,22). The van der Waals surface area contributed by atoms with Crippen LogP contribution in [0.5, 0.6) is 11.5 Å². The number of urea groups is 1. The molecule has 1 rings (SSSR count). The van der Waals surface area contributed by atoms with E-state index in [-0.39, 0.29) is 0 Å². The Bertz CT molecular complexity index is 603. The molecule has 0 aliphatic rings. The highest BCUT2D eigenvalue weighted by Gasteiger charge is 2.12. The number of esters is 1. The van der Waals surface area contributed by atoms with Crippen LogP contribution in [0.15, 0.2) is 18.2 Å². The van der Waals surface area contributed by atoms with E-state index in [1.54, 1.807) is 18.2 Å². The van der Waals surface area contributed by atoms with Gasteiger partial charge in [-0.3, -0.25) is 14.9 Å². The minimum absolute atomic E-state index is 0.438. The van der Waals surface area contributed by atoms with Gasteiger partial charge >= 0.3 is 12.0 Å². The van der Waals surface area contributed by atoms with Gasteiger partial charge in [-0.2, -0.15) is 0 Å². The average molecular weight is 352 g/mol. The Kier molecular flexibility index (Phi) is 8.84. The van der Waals surface area contributed by atoms with Crippen LogP contribution in [0.1, 0.15) is 33.6 Å². The molecule has 0 aliphatic carbocycles. The summed E-state index contributed by atoms with van der Waals surface area (Å²) in [6.07, 6.45) is 1.69. The van der Waals surface area contributed by atoms with Crippen LogP contribution in [-0.2, 0) is 14.3 Å². The molecule has 0 atom stereocenters. The van der Waals surface area contributed by atoms with Gasteiger partial charge in [0.05, 0.1) is 13.2 Å². The van der Waals surface area contributed by atoms with E-state index in [9.17, 15) is 14.4 Å². The maximum atomic E-state index is 11.8. The Balaban J connectivity index is 2.68. The van der Waals surface area contributed by atoms with Crippen molar-refractivity contribution in [3.05, 3.63) is 18.2 Å². The molecule has 0 bridgehead atoms. The number of amides is 3. The lowest BCUT2D eigenvalue weighted by molar-refractivity contribution is -0.146. The van der Waals surface area contributed by atoms with Crippen molar-refractivity contribution < 1.29 is 28.6 Å². The molecule has 8 heteroatoms. The van der Waals surface area contributed by atoms with Crippen molar-refractivity contribution in [1.29, 1.82) is 0 Å². The number of carbonyl (C=O) groups excluding carboxylic acids is 3. The van der Waals surface area contributed by atoms with Crippen LogP contribution in [0.25, 0.3) is 0 Å². The van der Waals surface area contributed by atoms with Gasteiger partial charge in [0, 0.05) is 18.7 Å². The van der Waals surface area contributed by atoms with E-state index in [1.807, 2.05) is 13.8 Å². The number of imide groups is 1. The first-order valence-corrected chi connectivity index (χ1v) is 8.10. The highest BCUT2D eigenvalue weighted by Crippen LogP contribution is 2.30. The molecule has 0 saturated carbocycles. The van der Waals surface area contributed by atoms with Gasteiger partial charge in [0.1, 0.15) is 0 Å². The van der Waals surface area contributed by atoms with Gasteiger partial charge in [0.25, 0.3) is 5.91 Å². The number of hydrogen-bond donors (Lipinski definition) is 2. The van der Waals surface area contributed by atoms with E-state index in [0.29, 0.717) is 30.4 Å². The Morgan fingerprint density at radius 1 is 1.00 bits per heavy atom. The summed E-state index contributed by atoms with van der Waals surface area (Å²) in [7, 11) is 0. The van der Waals surface area contributed by atoms with E-state index in [1.165, 1.54) is 6.92 Å². The molecule has 2 N–H and O–H groups in total. The molecule has 0 saturated heterocycles. The quantitative estimate of drug-likeness (QED) is 0.662. The number of ether oxygens (including phenoxy) is 3. The molecule has 0 radical (unpaired) electrons.